The topological polar surface area (TPSA) is 82.6 Å². The molecule has 7 aromatic rings. The summed E-state index contributed by atoms with van der Waals surface area (Å²) in [4.78, 5) is 27.9. The summed E-state index contributed by atoms with van der Waals surface area (Å²) in [7, 11) is 0. The van der Waals surface area contributed by atoms with E-state index in [1.54, 1.807) is 0 Å². The van der Waals surface area contributed by atoms with Gasteiger partial charge in [0.25, 0.3) is 5.56 Å². The summed E-state index contributed by atoms with van der Waals surface area (Å²) < 4.78 is 23.1. The lowest BCUT2D eigenvalue weighted by atomic mass is 9.79. The molecule has 7 heteroatoms. The first-order chi connectivity index (χ1) is 27.0. The van der Waals surface area contributed by atoms with E-state index in [-0.39, 0.29) is 6.61 Å². The van der Waals surface area contributed by atoms with Crippen LogP contribution in [0.25, 0.3) is 0 Å². The first-order valence-electron chi connectivity index (χ1n) is 18.3. The number of H-pyrrole nitrogens is 1. The summed E-state index contributed by atoms with van der Waals surface area (Å²) in [5.41, 5.74) is 2.68. The van der Waals surface area contributed by atoms with Gasteiger partial charge in [0, 0.05) is 17.8 Å². The van der Waals surface area contributed by atoms with Gasteiger partial charge in [0.15, 0.2) is 6.23 Å². The third kappa shape index (κ3) is 6.70. The van der Waals surface area contributed by atoms with Crippen LogP contribution >= 0.6 is 0 Å². The maximum Gasteiger partial charge on any atom is 0.330 e. The minimum atomic E-state index is -1.14. The highest BCUT2D eigenvalue weighted by molar-refractivity contribution is 5.49. The number of nitrogens with one attached hydrogen (secondary N) is 1. The second-order valence-electron chi connectivity index (χ2n) is 13.5. The standard InChI is InChI=1S/C48H40N2O5/c1-35-44(55-48(39-26-14-5-15-27-39,40-28-16-6-17-29-40)41-30-18-7-19-31-41)42(54-45(35)50-33-32-43(51)49-46(50)52)34-53-47(36-20-8-2-9-21-36,37-22-10-3-11-23-37)38-24-12-4-13-25-38/h2-33,42,44-45H,1,34H2,(H,49,51,52)/t42-,44+,45-/m1/s1. The average Bonchev–Trinajstić information content (AvgIpc) is 3.55. The summed E-state index contributed by atoms with van der Waals surface area (Å²) in [6, 6.07) is 61.9. The van der Waals surface area contributed by atoms with E-state index in [2.05, 4.69) is 84.4 Å². The van der Waals surface area contributed by atoms with Crippen molar-refractivity contribution in [2.24, 2.45) is 0 Å². The van der Waals surface area contributed by atoms with Gasteiger partial charge in [-0.05, 0) is 33.4 Å². The Morgan fingerprint density at radius 2 is 0.909 bits per heavy atom. The third-order valence-corrected chi connectivity index (χ3v) is 10.3. The molecule has 0 radical (unpaired) electrons. The van der Waals surface area contributed by atoms with Crippen molar-refractivity contribution < 1.29 is 14.2 Å². The molecule has 3 atom stereocenters. The van der Waals surface area contributed by atoms with Crippen LogP contribution in [0.5, 0.6) is 0 Å². The quantitative estimate of drug-likeness (QED) is 0.101. The van der Waals surface area contributed by atoms with Crippen LogP contribution in [0, 0.1) is 0 Å². The van der Waals surface area contributed by atoms with Gasteiger partial charge in [-0.25, -0.2) is 4.79 Å². The van der Waals surface area contributed by atoms with Crippen molar-refractivity contribution in [2.75, 3.05) is 6.61 Å². The number of benzene rings is 6. The Balaban J connectivity index is 1.30. The van der Waals surface area contributed by atoms with Crippen molar-refractivity contribution in [1.29, 1.82) is 0 Å². The molecule has 272 valence electrons. The van der Waals surface area contributed by atoms with Gasteiger partial charge < -0.3 is 14.2 Å². The number of rotatable bonds is 12. The fraction of sp³-hybridized carbons (Fsp3) is 0.125. The molecular weight excluding hydrogens is 685 g/mol. The van der Waals surface area contributed by atoms with Gasteiger partial charge in [-0.3, -0.25) is 14.3 Å². The Labute approximate surface area is 319 Å². The lowest BCUT2D eigenvalue weighted by Gasteiger charge is -2.40. The number of aromatic nitrogens is 2. The smallest absolute Gasteiger partial charge is 0.330 e. The highest BCUT2D eigenvalue weighted by Gasteiger charge is 2.49. The van der Waals surface area contributed by atoms with Crippen LogP contribution in [-0.2, 0) is 25.4 Å². The van der Waals surface area contributed by atoms with E-state index < -0.39 is 40.9 Å². The average molecular weight is 725 g/mol. The predicted octanol–water partition coefficient (Wildman–Crippen LogP) is 8.38. The Kier molecular flexibility index (Phi) is 10.1. The van der Waals surface area contributed by atoms with Crippen LogP contribution in [-0.4, -0.2) is 28.4 Å². The predicted molar refractivity (Wildman–Crippen MR) is 214 cm³/mol. The van der Waals surface area contributed by atoms with Crippen LogP contribution in [0.2, 0.25) is 0 Å². The number of hydrogen-bond donors (Lipinski definition) is 1. The van der Waals surface area contributed by atoms with Crippen LogP contribution < -0.4 is 11.2 Å². The van der Waals surface area contributed by atoms with E-state index in [1.165, 1.54) is 16.8 Å². The van der Waals surface area contributed by atoms with Gasteiger partial charge in [0.1, 0.15) is 23.4 Å². The molecule has 0 spiro atoms. The molecule has 1 saturated heterocycles. The third-order valence-electron chi connectivity index (χ3n) is 10.3. The van der Waals surface area contributed by atoms with Gasteiger partial charge in [0.2, 0.25) is 0 Å². The molecule has 55 heavy (non-hydrogen) atoms. The van der Waals surface area contributed by atoms with Crippen LogP contribution in [0.1, 0.15) is 39.6 Å². The number of nitrogens with zero attached hydrogens (tertiary/aromatic N) is 1. The second kappa shape index (κ2) is 15.5. The zero-order chi connectivity index (χ0) is 37.7. The summed E-state index contributed by atoms with van der Waals surface area (Å²) in [5.74, 6) is 0. The van der Waals surface area contributed by atoms with Crippen molar-refractivity contribution in [1.82, 2.24) is 9.55 Å². The maximum absolute atomic E-state index is 13.3. The lowest BCUT2D eigenvalue weighted by molar-refractivity contribution is -0.125. The van der Waals surface area contributed by atoms with Gasteiger partial charge in [-0.2, -0.15) is 0 Å². The van der Waals surface area contributed by atoms with E-state index in [4.69, 9.17) is 14.2 Å². The summed E-state index contributed by atoms with van der Waals surface area (Å²) >= 11 is 0. The van der Waals surface area contributed by atoms with Crippen molar-refractivity contribution in [3.63, 3.8) is 0 Å². The first kappa shape index (κ1) is 35.6. The Morgan fingerprint density at radius 1 is 0.545 bits per heavy atom. The molecule has 0 bridgehead atoms. The lowest BCUT2D eigenvalue weighted by Crippen LogP contribution is -2.43. The van der Waals surface area contributed by atoms with Gasteiger partial charge >= 0.3 is 5.69 Å². The molecule has 1 aliphatic rings. The van der Waals surface area contributed by atoms with Gasteiger partial charge in [-0.1, -0.05) is 189 Å². The van der Waals surface area contributed by atoms with E-state index in [0.29, 0.717) is 5.57 Å². The van der Waals surface area contributed by atoms with Crippen molar-refractivity contribution in [2.45, 2.75) is 29.6 Å². The molecule has 0 aliphatic carbocycles. The number of ether oxygens (including phenoxy) is 3. The Morgan fingerprint density at radius 3 is 1.27 bits per heavy atom. The van der Waals surface area contributed by atoms with E-state index >= 15 is 0 Å². The highest BCUT2D eigenvalue weighted by atomic mass is 16.6. The molecule has 0 amide bonds. The fourth-order valence-corrected chi connectivity index (χ4v) is 7.73. The van der Waals surface area contributed by atoms with Gasteiger partial charge in [-0.15, -0.1) is 0 Å². The molecule has 1 N–H and O–H groups in total. The zero-order valence-corrected chi connectivity index (χ0v) is 30.1. The maximum atomic E-state index is 13.3. The molecule has 1 aliphatic heterocycles. The van der Waals surface area contributed by atoms with E-state index in [9.17, 15) is 9.59 Å². The number of aromatic amines is 1. The summed E-state index contributed by atoms with van der Waals surface area (Å²) in [6.07, 6.45) is -1.13. The van der Waals surface area contributed by atoms with Crippen LogP contribution in [0.3, 0.4) is 0 Å². The second-order valence-corrected chi connectivity index (χ2v) is 13.5. The SMILES string of the molecule is C=C1[C@H](n2ccc(=O)[nH]c2=O)O[C@H](COC(c2ccccc2)(c2ccccc2)c2ccccc2)[C@H]1OC(c1ccccc1)(c1ccccc1)c1ccccc1. The summed E-state index contributed by atoms with van der Waals surface area (Å²) in [6.45, 7) is 4.57. The summed E-state index contributed by atoms with van der Waals surface area (Å²) in [5, 5.41) is 0. The zero-order valence-electron chi connectivity index (χ0n) is 30.1. The molecule has 0 saturated carbocycles. The van der Waals surface area contributed by atoms with E-state index in [1.807, 2.05) is 109 Å². The molecule has 8 rings (SSSR count). The first-order valence-corrected chi connectivity index (χ1v) is 18.3. The van der Waals surface area contributed by atoms with Crippen LogP contribution in [0.15, 0.2) is 216 Å². The molecule has 1 fully saturated rings. The fourth-order valence-electron chi connectivity index (χ4n) is 7.73. The van der Waals surface area contributed by atoms with E-state index in [0.717, 1.165) is 33.4 Å². The largest absolute Gasteiger partial charge is 0.358 e. The Hall–Kier alpha value is -6.38. The van der Waals surface area contributed by atoms with Crippen LogP contribution in [0.4, 0.5) is 0 Å². The Bertz CT molecular complexity index is 2260. The molecule has 0 unspecified atom stereocenters. The van der Waals surface area contributed by atoms with Gasteiger partial charge in [0.05, 0.1) is 6.61 Å². The number of hydrogen-bond acceptors (Lipinski definition) is 5. The molecule has 2 heterocycles. The minimum Gasteiger partial charge on any atom is -0.358 e. The van der Waals surface area contributed by atoms with Crippen molar-refractivity contribution in [3.05, 3.63) is 261 Å². The normalized spacial score (nSPS) is 17.2. The van der Waals surface area contributed by atoms with Crippen molar-refractivity contribution >= 4 is 0 Å². The molecule has 6 aromatic carbocycles. The highest BCUT2D eigenvalue weighted by Crippen LogP contribution is 2.47. The molecule has 1 aromatic heterocycles. The molecule has 7 nitrogen and oxygen atoms in total. The molecular formula is C48H40N2O5. The monoisotopic (exact) mass is 724 g/mol. The minimum absolute atomic E-state index is 0.0332. The van der Waals surface area contributed by atoms with Crippen molar-refractivity contribution in [3.8, 4) is 0 Å².